The van der Waals surface area contributed by atoms with E-state index in [9.17, 15) is 23.1 Å². The predicted octanol–water partition coefficient (Wildman–Crippen LogP) is 4.09. The van der Waals surface area contributed by atoms with Crippen LogP contribution < -0.4 is 4.74 Å². The Morgan fingerprint density at radius 1 is 0.938 bits per heavy atom. The van der Waals surface area contributed by atoms with E-state index in [2.05, 4.69) is 4.90 Å². The maximum absolute atomic E-state index is 13.8. The lowest BCUT2D eigenvalue weighted by atomic mass is 9.93. The normalized spacial score (nSPS) is 18.7. The number of hydrogen-bond donors (Lipinski definition) is 1. The van der Waals surface area contributed by atoms with E-state index in [-0.39, 0.29) is 17.6 Å². The van der Waals surface area contributed by atoms with E-state index in [1.54, 1.807) is 12.1 Å². The van der Waals surface area contributed by atoms with Gasteiger partial charge in [0.2, 0.25) is 5.91 Å². The number of ether oxygens (including phenoxy) is 1. The van der Waals surface area contributed by atoms with E-state index < -0.39 is 29.3 Å². The number of amides is 1. The smallest absolute Gasteiger partial charge is 0.225 e. The average Bonchev–Trinajstić information content (AvgIpc) is 2.78. The molecule has 0 bridgehead atoms. The highest BCUT2D eigenvalue weighted by Gasteiger charge is 2.32. The van der Waals surface area contributed by atoms with Gasteiger partial charge < -0.3 is 14.7 Å². The van der Waals surface area contributed by atoms with Gasteiger partial charge in [0.25, 0.3) is 0 Å². The summed E-state index contributed by atoms with van der Waals surface area (Å²) in [6.45, 7) is 3.41. The second-order valence-electron chi connectivity index (χ2n) is 8.56. The van der Waals surface area contributed by atoms with Crippen molar-refractivity contribution < 1.29 is 27.8 Å². The summed E-state index contributed by atoms with van der Waals surface area (Å²) in [5.41, 5.74) is 1.13. The van der Waals surface area contributed by atoms with Crippen LogP contribution in [0.25, 0.3) is 0 Å². The molecule has 2 heterocycles. The molecule has 0 aliphatic carbocycles. The third-order valence-corrected chi connectivity index (χ3v) is 6.28. The molecule has 8 heteroatoms. The van der Waals surface area contributed by atoms with Gasteiger partial charge in [0.05, 0.1) is 0 Å². The maximum Gasteiger partial charge on any atom is 0.225 e. The van der Waals surface area contributed by atoms with Crippen molar-refractivity contribution >= 4 is 5.91 Å². The molecule has 2 saturated heterocycles. The van der Waals surface area contributed by atoms with Gasteiger partial charge in [0.1, 0.15) is 17.7 Å². The Labute approximate surface area is 185 Å². The summed E-state index contributed by atoms with van der Waals surface area (Å²) in [5.74, 6) is -3.29. The molecule has 172 valence electrons. The molecule has 0 saturated carbocycles. The zero-order valence-electron chi connectivity index (χ0n) is 17.8. The van der Waals surface area contributed by atoms with E-state index in [0.717, 1.165) is 38.0 Å². The van der Waals surface area contributed by atoms with Gasteiger partial charge in [-0.25, -0.2) is 13.2 Å². The van der Waals surface area contributed by atoms with Crippen molar-refractivity contribution in [3.05, 3.63) is 59.4 Å². The summed E-state index contributed by atoms with van der Waals surface area (Å²) < 4.78 is 46.1. The third-order valence-electron chi connectivity index (χ3n) is 6.28. The van der Waals surface area contributed by atoms with Gasteiger partial charge in [-0.2, -0.15) is 0 Å². The molecule has 0 unspecified atom stereocenters. The van der Waals surface area contributed by atoms with Gasteiger partial charge in [0.15, 0.2) is 17.4 Å². The fraction of sp³-hybridized carbons (Fsp3) is 0.458. The van der Waals surface area contributed by atoms with E-state index in [1.165, 1.54) is 0 Å². The highest BCUT2D eigenvalue weighted by Crippen LogP contribution is 2.28. The summed E-state index contributed by atoms with van der Waals surface area (Å²) in [5, 5.41) is 9.40. The molecule has 2 aliphatic rings. The zero-order valence-corrected chi connectivity index (χ0v) is 17.8. The number of carbonyl (C=O) groups is 1. The number of phenols is 1. The molecule has 0 aromatic heterocycles. The Balaban J connectivity index is 1.23. The topological polar surface area (TPSA) is 53.0 Å². The molecule has 4 rings (SSSR count). The van der Waals surface area contributed by atoms with E-state index in [4.69, 9.17) is 4.74 Å². The standard InChI is InChI=1S/C24H27F3N2O3/c25-18-13-21(26)23(22(27)14-18)32-20-7-11-29(12-8-20)24(31)17-5-9-28(10-6-17)15-16-1-3-19(30)4-2-16/h1-4,13-14,17,20,30H,5-12,15H2. The highest BCUT2D eigenvalue weighted by molar-refractivity contribution is 5.79. The molecule has 2 aromatic carbocycles. The fourth-order valence-electron chi connectivity index (χ4n) is 4.46. The lowest BCUT2D eigenvalue weighted by Crippen LogP contribution is -2.47. The zero-order chi connectivity index (χ0) is 22.7. The van der Waals surface area contributed by atoms with E-state index in [1.807, 2.05) is 17.0 Å². The number of hydrogen-bond acceptors (Lipinski definition) is 4. The molecule has 0 atom stereocenters. The van der Waals surface area contributed by atoms with Crippen molar-refractivity contribution in [1.29, 1.82) is 0 Å². The van der Waals surface area contributed by atoms with Crippen LogP contribution in [0.1, 0.15) is 31.2 Å². The number of benzene rings is 2. The lowest BCUT2D eigenvalue weighted by molar-refractivity contribution is -0.139. The molecule has 2 aliphatic heterocycles. The second kappa shape index (κ2) is 9.81. The Hall–Kier alpha value is -2.74. The van der Waals surface area contributed by atoms with Crippen LogP contribution in [-0.2, 0) is 11.3 Å². The number of aromatic hydroxyl groups is 1. The van der Waals surface area contributed by atoms with Crippen LogP contribution >= 0.6 is 0 Å². The third kappa shape index (κ3) is 5.35. The number of piperidine rings is 2. The quantitative estimate of drug-likeness (QED) is 0.749. The van der Waals surface area contributed by atoms with Gasteiger partial charge in [0, 0.05) is 50.5 Å². The number of nitrogens with zero attached hydrogens (tertiary/aromatic N) is 2. The predicted molar refractivity (Wildman–Crippen MR) is 113 cm³/mol. The first-order valence-electron chi connectivity index (χ1n) is 11.0. The van der Waals surface area contributed by atoms with Gasteiger partial charge in [-0.05, 0) is 43.6 Å². The number of halogens is 3. The molecule has 32 heavy (non-hydrogen) atoms. The van der Waals surface area contributed by atoms with Crippen LogP contribution in [0.4, 0.5) is 13.2 Å². The van der Waals surface area contributed by atoms with Crippen molar-refractivity contribution in [1.82, 2.24) is 9.80 Å². The molecule has 0 spiro atoms. The summed E-state index contributed by atoms with van der Waals surface area (Å²) >= 11 is 0. The van der Waals surface area contributed by atoms with Gasteiger partial charge in [-0.1, -0.05) is 12.1 Å². The Morgan fingerprint density at radius 2 is 1.53 bits per heavy atom. The SMILES string of the molecule is O=C(C1CCN(Cc2ccc(O)cc2)CC1)N1CCC(Oc2c(F)cc(F)cc2F)CC1. The number of carbonyl (C=O) groups excluding carboxylic acids is 1. The highest BCUT2D eigenvalue weighted by atomic mass is 19.1. The minimum absolute atomic E-state index is 0.0180. The molecule has 5 nitrogen and oxygen atoms in total. The van der Waals surface area contributed by atoms with Gasteiger partial charge >= 0.3 is 0 Å². The van der Waals surface area contributed by atoms with Crippen molar-refractivity contribution in [3.63, 3.8) is 0 Å². The van der Waals surface area contributed by atoms with Crippen molar-refractivity contribution in [2.75, 3.05) is 26.2 Å². The molecular weight excluding hydrogens is 421 g/mol. The molecule has 2 aromatic rings. The van der Waals surface area contributed by atoms with Crippen LogP contribution in [0.3, 0.4) is 0 Å². The van der Waals surface area contributed by atoms with E-state index in [0.29, 0.717) is 38.1 Å². The summed E-state index contributed by atoms with van der Waals surface area (Å²) in [6.07, 6.45) is 2.11. The molecular formula is C24H27F3N2O3. The van der Waals surface area contributed by atoms with Crippen molar-refractivity contribution in [2.45, 2.75) is 38.3 Å². The largest absolute Gasteiger partial charge is 0.508 e. The first-order chi connectivity index (χ1) is 15.4. The number of likely N-dealkylation sites (tertiary alicyclic amines) is 2. The minimum Gasteiger partial charge on any atom is -0.508 e. The summed E-state index contributed by atoms with van der Waals surface area (Å²) in [6, 6.07) is 8.37. The van der Waals surface area contributed by atoms with Crippen LogP contribution in [-0.4, -0.2) is 53.1 Å². The Bertz CT molecular complexity index is 915. The fourth-order valence-corrected chi connectivity index (χ4v) is 4.46. The minimum atomic E-state index is -1.06. The first kappa shape index (κ1) is 22.5. The first-order valence-corrected chi connectivity index (χ1v) is 11.0. The lowest BCUT2D eigenvalue weighted by Gasteiger charge is -2.37. The molecule has 2 fully saturated rings. The molecule has 1 N–H and O–H groups in total. The van der Waals surface area contributed by atoms with Crippen LogP contribution in [0.15, 0.2) is 36.4 Å². The maximum atomic E-state index is 13.8. The van der Waals surface area contributed by atoms with Crippen LogP contribution in [0, 0.1) is 23.4 Å². The van der Waals surface area contributed by atoms with Crippen LogP contribution in [0.5, 0.6) is 11.5 Å². The monoisotopic (exact) mass is 448 g/mol. The molecule has 1 amide bonds. The number of rotatable bonds is 5. The Morgan fingerprint density at radius 3 is 2.12 bits per heavy atom. The van der Waals surface area contributed by atoms with Crippen molar-refractivity contribution in [3.8, 4) is 11.5 Å². The van der Waals surface area contributed by atoms with Gasteiger partial charge in [-0.3, -0.25) is 9.69 Å². The van der Waals surface area contributed by atoms with E-state index >= 15 is 0 Å². The van der Waals surface area contributed by atoms with Gasteiger partial charge in [-0.15, -0.1) is 0 Å². The summed E-state index contributed by atoms with van der Waals surface area (Å²) in [7, 11) is 0. The average molecular weight is 448 g/mol. The van der Waals surface area contributed by atoms with Crippen LogP contribution in [0.2, 0.25) is 0 Å². The number of phenolic OH excluding ortho intramolecular Hbond substituents is 1. The Kier molecular flexibility index (Phi) is 6.89. The second-order valence-corrected chi connectivity index (χ2v) is 8.56. The molecule has 0 radical (unpaired) electrons. The summed E-state index contributed by atoms with van der Waals surface area (Å²) in [4.78, 5) is 17.1. The van der Waals surface area contributed by atoms with Crippen molar-refractivity contribution in [2.24, 2.45) is 5.92 Å².